The fraction of sp³-hybridized carbons (Fsp3) is 0.133. The Bertz CT molecular complexity index is 953. The Kier molecular flexibility index (Phi) is 2.65. The van der Waals surface area contributed by atoms with Gasteiger partial charge < -0.3 is 5.32 Å². The molecule has 0 aliphatic rings. The van der Waals surface area contributed by atoms with Gasteiger partial charge in [0.15, 0.2) is 0 Å². The molecule has 4 rings (SSSR count). The van der Waals surface area contributed by atoms with Gasteiger partial charge in [0.1, 0.15) is 16.5 Å². The van der Waals surface area contributed by atoms with Gasteiger partial charge in [0.05, 0.1) is 17.1 Å². The minimum absolute atomic E-state index is 0.774. The lowest BCUT2D eigenvalue weighted by Crippen LogP contribution is -1.98. The van der Waals surface area contributed by atoms with E-state index in [1.54, 1.807) is 11.3 Å². The Balaban J connectivity index is 1.84. The smallest absolute Gasteiger partial charge is 0.143 e. The van der Waals surface area contributed by atoms with Crippen LogP contribution in [-0.2, 0) is 0 Å². The second kappa shape index (κ2) is 4.53. The minimum atomic E-state index is 0.774. The minimum Gasteiger partial charge on any atom is -0.340 e. The molecule has 0 radical (unpaired) electrons. The summed E-state index contributed by atoms with van der Waals surface area (Å²) in [4.78, 5) is 10.1. The predicted molar refractivity (Wildman–Crippen MR) is 86.3 cm³/mol. The summed E-state index contributed by atoms with van der Waals surface area (Å²) in [5, 5.41) is 14.7. The number of thiophene rings is 1. The zero-order chi connectivity index (χ0) is 14.4. The Morgan fingerprint density at radius 1 is 1.19 bits per heavy atom. The maximum absolute atomic E-state index is 4.56. The summed E-state index contributed by atoms with van der Waals surface area (Å²) in [6.45, 7) is 4.00. The van der Waals surface area contributed by atoms with Crippen LogP contribution in [-0.4, -0.2) is 20.2 Å². The molecular weight excluding hydrogens is 282 g/mol. The standard InChI is InChI=1S/C15H13N5S/c1-8-7-21-15-13(8)14(17-9(2)18-15)19-11-3-4-12-10(5-11)6-16-20-12/h3-7H,1-2H3,(H,16,20)(H,17,18,19). The first-order chi connectivity index (χ1) is 10.2. The molecule has 4 aromatic rings. The molecule has 5 nitrogen and oxygen atoms in total. The first-order valence-corrected chi connectivity index (χ1v) is 7.51. The van der Waals surface area contributed by atoms with Crippen LogP contribution in [0, 0.1) is 13.8 Å². The second-order valence-electron chi connectivity index (χ2n) is 5.02. The van der Waals surface area contributed by atoms with Crippen LogP contribution in [0.2, 0.25) is 0 Å². The van der Waals surface area contributed by atoms with Gasteiger partial charge in [-0.15, -0.1) is 11.3 Å². The molecule has 104 valence electrons. The van der Waals surface area contributed by atoms with E-state index in [-0.39, 0.29) is 0 Å². The highest BCUT2D eigenvalue weighted by molar-refractivity contribution is 7.17. The summed E-state index contributed by atoms with van der Waals surface area (Å²) >= 11 is 1.65. The van der Waals surface area contributed by atoms with Crippen LogP contribution in [0.25, 0.3) is 21.1 Å². The number of aromatic nitrogens is 4. The van der Waals surface area contributed by atoms with E-state index >= 15 is 0 Å². The van der Waals surface area contributed by atoms with Crippen LogP contribution in [0.15, 0.2) is 29.8 Å². The average molecular weight is 295 g/mol. The number of rotatable bonds is 2. The van der Waals surface area contributed by atoms with Crippen LogP contribution in [0.5, 0.6) is 0 Å². The van der Waals surface area contributed by atoms with Gasteiger partial charge in [-0.2, -0.15) is 5.10 Å². The SMILES string of the molecule is Cc1nc(Nc2ccc3[nH]ncc3c2)c2c(C)csc2n1. The molecule has 6 heteroatoms. The molecule has 3 heterocycles. The lowest BCUT2D eigenvalue weighted by atomic mass is 10.2. The third kappa shape index (κ3) is 2.04. The highest BCUT2D eigenvalue weighted by atomic mass is 32.1. The lowest BCUT2D eigenvalue weighted by Gasteiger charge is -2.08. The average Bonchev–Trinajstić information content (AvgIpc) is 3.05. The molecule has 0 amide bonds. The summed E-state index contributed by atoms with van der Waals surface area (Å²) in [6, 6.07) is 6.09. The molecule has 1 aromatic carbocycles. The van der Waals surface area contributed by atoms with Crippen molar-refractivity contribution in [2.45, 2.75) is 13.8 Å². The fourth-order valence-electron chi connectivity index (χ4n) is 2.44. The van der Waals surface area contributed by atoms with Crippen molar-refractivity contribution in [3.63, 3.8) is 0 Å². The predicted octanol–water partition coefficient (Wildman–Crippen LogP) is 3.93. The summed E-state index contributed by atoms with van der Waals surface area (Å²) in [5.41, 5.74) is 3.21. The van der Waals surface area contributed by atoms with E-state index in [4.69, 9.17) is 0 Å². The van der Waals surface area contributed by atoms with Crippen molar-refractivity contribution in [1.82, 2.24) is 20.2 Å². The zero-order valence-corrected chi connectivity index (χ0v) is 12.5. The van der Waals surface area contributed by atoms with Crippen molar-refractivity contribution >= 4 is 44.0 Å². The number of hydrogen-bond acceptors (Lipinski definition) is 5. The lowest BCUT2D eigenvalue weighted by molar-refractivity contribution is 1.10. The van der Waals surface area contributed by atoms with E-state index in [2.05, 4.69) is 43.9 Å². The Morgan fingerprint density at radius 2 is 2.10 bits per heavy atom. The normalized spacial score (nSPS) is 11.3. The van der Waals surface area contributed by atoms with Gasteiger partial charge in [-0.3, -0.25) is 5.10 Å². The molecule has 0 bridgehead atoms. The summed E-state index contributed by atoms with van der Waals surface area (Å²) in [5.74, 6) is 1.63. The van der Waals surface area contributed by atoms with Crippen molar-refractivity contribution in [1.29, 1.82) is 0 Å². The van der Waals surface area contributed by atoms with Crippen LogP contribution in [0.3, 0.4) is 0 Å². The fourth-order valence-corrected chi connectivity index (χ4v) is 3.40. The largest absolute Gasteiger partial charge is 0.340 e. The quantitative estimate of drug-likeness (QED) is 0.588. The van der Waals surface area contributed by atoms with Gasteiger partial charge in [-0.05, 0) is 43.0 Å². The van der Waals surface area contributed by atoms with Gasteiger partial charge in [0.2, 0.25) is 0 Å². The van der Waals surface area contributed by atoms with Crippen LogP contribution in [0.1, 0.15) is 11.4 Å². The second-order valence-corrected chi connectivity index (χ2v) is 5.87. The molecule has 0 saturated heterocycles. The molecule has 3 aromatic heterocycles. The molecule has 0 fully saturated rings. The van der Waals surface area contributed by atoms with Crippen LogP contribution in [0.4, 0.5) is 11.5 Å². The van der Waals surface area contributed by atoms with E-state index in [0.29, 0.717) is 0 Å². The van der Waals surface area contributed by atoms with Crippen molar-refractivity contribution < 1.29 is 0 Å². The topological polar surface area (TPSA) is 66.5 Å². The van der Waals surface area contributed by atoms with E-state index in [1.807, 2.05) is 25.3 Å². The number of nitrogens with one attached hydrogen (secondary N) is 2. The Hall–Kier alpha value is -2.47. The molecule has 2 N–H and O–H groups in total. The maximum Gasteiger partial charge on any atom is 0.143 e. The summed E-state index contributed by atoms with van der Waals surface area (Å²) in [6.07, 6.45) is 1.82. The number of aryl methyl sites for hydroxylation is 2. The number of aromatic amines is 1. The summed E-state index contributed by atoms with van der Waals surface area (Å²) in [7, 11) is 0. The number of anilines is 2. The number of hydrogen-bond donors (Lipinski definition) is 2. The van der Waals surface area contributed by atoms with Crippen molar-refractivity contribution in [3.8, 4) is 0 Å². The van der Waals surface area contributed by atoms with Crippen LogP contribution < -0.4 is 5.32 Å². The van der Waals surface area contributed by atoms with Crippen LogP contribution >= 0.6 is 11.3 Å². The van der Waals surface area contributed by atoms with E-state index in [1.165, 1.54) is 5.56 Å². The monoisotopic (exact) mass is 295 g/mol. The number of benzene rings is 1. The number of nitrogens with zero attached hydrogens (tertiary/aromatic N) is 3. The van der Waals surface area contributed by atoms with E-state index < -0.39 is 0 Å². The van der Waals surface area contributed by atoms with Gasteiger partial charge in [-0.25, -0.2) is 9.97 Å². The van der Waals surface area contributed by atoms with Crippen molar-refractivity contribution in [3.05, 3.63) is 41.2 Å². The highest BCUT2D eigenvalue weighted by Gasteiger charge is 2.11. The molecule has 0 atom stereocenters. The first-order valence-electron chi connectivity index (χ1n) is 6.63. The zero-order valence-electron chi connectivity index (χ0n) is 11.6. The third-order valence-electron chi connectivity index (χ3n) is 3.43. The van der Waals surface area contributed by atoms with Gasteiger partial charge in [-0.1, -0.05) is 0 Å². The summed E-state index contributed by atoms with van der Waals surface area (Å²) < 4.78 is 0. The highest BCUT2D eigenvalue weighted by Crippen LogP contribution is 2.31. The molecular formula is C15H13N5S. The molecule has 21 heavy (non-hydrogen) atoms. The molecule has 0 spiro atoms. The molecule has 0 saturated carbocycles. The van der Waals surface area contributed by atoms with Crippen molar-refractivity contribution in [2.24, 2.45) is 0 Å². The third-order valence-corrected chi connectivity index (χ3v) is 4.42. The molecule has 0 aliphatic heterocycles. The molecule has 0 unspecified atom stereocenters. The first kappa shape index (κ1) is 12.3. The Labute approximate surface area is 125 Å². The van der Waals surface area contributed by atoms with E-state index in [9.17, 15) is 0 Å². The number of fused-ring (bicyclic) bond motifs is 2. The Morgan fingerprint density at radius 3 is 3.00 bits per heavy atom. The number of H-pyrrole nitrogens is 1. The molecule has 0 aliphatic carbocycles. The van der Waals surface area contributed by atoms with Crippen molar-refractivity contribution in [2.75, 3.05) is 5.32 Å². The maximum atomic E-state index is 4.56. The van der Waals surface area contributed by atoms with E-state index in [0.717, 1.165) is 38.4 Å². The van der Waals surface area contributed by atoms with Gasteiger partial charge >= 0.3 is 0 Å². The van der Waals surface area contributed by atoms with Gasteiger partial charge in [0.25, 0.3) is 0 Å². The van der Waals surface area contributed by atoms with Gasteiger partial charge in [0, 0.05) is 11.1 Å².